The van der Waals surface area contributed by atoms with E-state index in [2.05, 4.69) is 54.8 Å². The molecule has 2 rings (SSSR count). The van der Waals surface area contributed by atoms with E-state index in [-0.39, 0.29) is 0 Å². The fraction of sp³-hybridized carbons (Fsp3) is 0.739. The SMILES string of the molecule is CCCCOCCCOCCN1CCN(Cc2ccc(C(C)C)cc2)CC1. The molecule has 0 saturated carbocycles. The third-order valence-electron chi connectivity index (χ3n) is 5.29. The summed E-state index contributed by atoms with van der Waals surface area (Å²) in [5.41, 5.74) is 2.86. The minimum absolute atomic E-state index is 0.610. The number of benzene rings is 1. The van der Waals surface area contributed by atoms with Gasteiger partial charge in [0.05, 0.1) is 6.61 Å². The molecule has 0 aliphatic carbocycles. The molecule has 1 saturated heterocycles. The summed E-state index contributed by atoms with van der Waals surface area (Å²) in [6.07, 6.45) is 3.37. The quantitative estimate of drug-likeness (QED) is 0.483. The molecular formula is C23H40N2O2. The predicted molar refractivity (Wildman–Crippen MR) is 113 cm³/mol. The molecule has 27 heavy (non-hydrogen) atoms. The molecule has 0 unspecified atom stereocenters. The van der Waals surface area contributed by atoms with Gasteiger partial charge in [0, 0.05) is 59.1 Å². The van der Waals surface area contributed by atoms with Gasteiger partial charge in [-0.2, -0.15) is 0 Å². The van der Waals surface area contributed by atoms with Crippen LogP contribution in [0.1, 0.15) is 57.1 Å². The Bertz CT molecular complexity index is 482. The van der Waals surface area contributed by atoms with Crippen LogP contribution in [-0.4, -0.2) is 69.0 Å². The van der Waals surface area contributed by atoms with Gasteiger partial charge in [0.1, 0.15) is 0 Å². The van der Waals surface area contributed by atoms with E-state index >= 15 is 0 Å². The Labute approximate surface area is 166 Å². The molecule has 0 N–H and O–H groups in total. The van der Waals surface area contributed by atoms with Crippen molar-refractivity contribution in [1.82, 2.24) is 9.80 Å². The average Bonchev–Trinajstić information content (AvgIpc) is 2.68. The van der Waals surface area contributed by atoms with Crippen LogP contribution in [0.4, 0.5) is 0 Å². The third kappa shape index (κ3) is 9.20. The van der Waals surface area contributed by atoms with E-state index in [0.717, 1.165) is 78.5 Å². The van der Waals surface area contributed by atoms with Crippen LogP contribution >= 0.6 is 0 Å². The molecule has 4 nitrogen and oxygen atoms in total. The van der Waals surface area contributed by atoms with Gasteiger partial charge < -0.3 is 9.47 Å². The van der Waals surface area contributed by atoms with Crippen LogP contribution in [0.5, 0.6) is 0 Å². The molecule has 0 amide bonds. The molecular weight excluding hydrogens is 336 g/mol. The summed E-state index contributed by atoms with van der Waals surface area (Å²) in [4.78, 5) is 5.09. The second kappa shape index (κ2) is 13.3. The van der Waals surface area contributed by atoms with Crippen molar-refractivity contribution in [2.45, 2.75) is 52.5 Å². The molecule has 1 heterocycles. The summed E-state index contributed by atoms with van der Waals surface area (Å²) in [5, 5.41) is 0. The van der Waals surface area contributed by atoms with Crippen molar-refractivity contribution in [1.29, 1.82) is 0 Å². The summed E-state index contributed by atoms with van der Waals surface area (Å²) >= 11 is 0. The number of unbranched alkanes of at least 4 members (excludes halogenated alkanes) is 1. The predicted octanol–water partition coefficient (Wildman–Crippen LogP) is 4.15. The molecule has 0 bridgehead atoms. The van der Waals surface area contributed by atoms with Gasteiger partial charge in [0.2, 0.25) is 0 Å². The normalized spacial score (nSPS) is 16.3. The fourth-order valence-electron chi connectivity index (χ4n) is 3.34. The van der Waals surface area contributed by atoms with Gasteiger partial charge in [0.25, 0.3) is 0 Å². The smallest absolute Gasteiger partial charge is 0.0593 e. The van der Waals surface area contributed by atoms with Crippen LogP contribution in [0.2, 0.25) is 0 Å². The van der Waals surface area contributed by atoms with Crippen LogP contribution in [0, 0.1) is 0 Å². The zero-order valence-corrected chi connectivity index (χ0v) is 17.8. The average molecular weight is 377 g/mol. The maximum Gasteiger partial charge on any atom is 0.0593 e. The number of hydrogen-bond donors (Lipinski definition) is 0. The Kier molecular flexibility index (Phi) is 11.0. The number of ether oxygens (including phenoxy) is 2. The van der Waals surface area contributed by atoms with Crippen molar-refractivity contribution in [3.63, 3.8) is 0 Å². The first-order chi connectivity index (χ1) is 13.2. The van der Waals surface area contributed by atoms with Gasteiger partial charge in [-0.1, -0.05) is 51.5 Å². The third-order valence-corrected chi connectivity index (χ3v) is 5.29. The van der Waals surface area contributed by atoms with E-state index in [1.165, 1.54) is 17.5 Å². The zero-order valence-electron chi connectivity index (χ0n) is 17.8. The van der Waals surface area contributed by atoms with Gasteiger partial charge in [0.15, 0.2) is 0 Å². The maximum absolute atomic E-state index is 5.76. The highest BCUT2D eigenvalue weighted by Gasteiger charge is 2.16. The largest absolute Gasteiger partial charge is 0.381 e. The Morgan fingerprint density at radius 3 is 2.04 bits per heavy atom. The van der Waals surface area contributed by atoms with Gasteiger partial charge in [-0.25, -0.2) is 0 Å². The van der Waals surface area contributed by atoms with Crippen LogP contribution in [0.25, 0.3) is 0 Å². The molecule has 1 fully saturated rings. The lowest BCUT2D eigenvalue weighted by Crippen LogP contribution is -2.46. The Morgan fingerprint density at radius 2 is 1.41 bits per heavy atom. The fourth-order valence-corrected chi connectivity index (χ4v) is 3.34. The number of nitrogens with zero attached hydrogens (tertiary/aromatic N) is 2. The minimum Gasteiger partial charge on any atom is -0.381 e. The van der Waals surface area contributed by atoms with Crippen molar-refractivity contribution in [2.24, 2.45) is 0 Å². The maximum atomic E-state index is 5.76. The second-order valence-electron chi connectivity index (χ2n) is 7.95. The highest BCUT2D eigenvalue weighted by atomic mass is 16.5. The van der Waals surface area contributed by atoms with Crippen LogP contribution in [-0.2, 0) is 16.0 Å². The van der Waals surface area contributed by atoms with Crippen molar-refractivity contribution in [3.8, 4) is 0 Å². The van der Waals surface area contributed by atoms with Crippen molar-refractivity contribution in [3.05, 3.63) is 35.4 Å². The molecule has 1 aliphatic rings. The van der Waals surface area contributed by atoms with Crippen LogP contribution < -0.4 is 0 Å². The van der Waals surface area contributed by atoms with Gasteiger partial charge in [-0.15, -0.1) is 0 Å². The highest BCUT2D eigenvalue weighted by Crippen LogP contribution is 2.16. The van der Waals surface area contributed by atoms with Gasteiger partial charge >= 0.3 is 0 Å². The highest BCUT2D eigenvalue weighted by molar-refractivity contribution is 5.24. The lowest BCUT2D eigenvalue weighted by Gasteiger charge is -2.34. The lowest BCUT2D eigenvalue weighted by atomic mass is 10.0. The van der Waals surface area contributed by atoms with E-state index in [9.17, 15) is 0 Å². The van der Waals surface area contributed by atoms with Crippen molar-refractivity contribution < 1.29 is 9.47 Å². The van der Waals surface area contributed by atoms with E-state index < -0.39 is 0 Å². The molecule has 0 aromatic heterocycles. The minimum atomic E-state index is 0.610. The zero-order chi connectivity index (χ0) is 19.3. The van der Waals surface area contributed by atoms with E-state index in [1.54, 1.807) is 0 Å². The monoisotopic (exact) mass is 376 g/mol. The summed E-state index contributed by atoms with van der Waals surface area (Å²) in [6, 6.07) is 9.15. The number of piperazine rings is 1. The first kappa shape index (κ1) is 22.4. The first-order valence-electron chi connectivity index (χ1n) is 10.9. The van der Waals surface area contributed by atoms with Crippen LogP contribution in [0.3, 0.4) is 0 Å². The Balaban J connectivity index is 1.50. The molecule has 154 valence electrons. The molecule has 0 spiro atoms. The summed E-state index contributed by atoms with van der Waals surface area (Å²) < 4.78 is 11.3. The lowest BCUT2D eigenvalue weighted by molar-refractivity contribution is 0.0564. The summed E-state index contributed by atoms with van der Waals surface area (Å²) in [6.45, 7) is 16.8. The number of rotatable bonds is 13. The van der Waals surface area contributed by atoms with Crippen LogP contribution in [0.15, 0.2) is 24.3 Å². The molecule has 1 aromatic carbocycles. The standard InChI is InChI=1S/C23H40N2O2/c1-4-5-16-26-17-6-18-27-19-15-24-11-13-25(14-12-24)20-22-7-9-23(10-8-22)21(2)3/h7-10,21H,4-6,11-20H2,1-3H3. The Morgan fingerprint density at radius 1 is 0.815 bits per heavy atom. The summed E-state index contributed by atoms with van der Waals surface area (Å²) in [7, 11) is 0. The van der Waals surface area contributed by atoms with Crippen molar-refractivity contribution in [2.75, 3.05) is 59.2 Å². The topological polar surface area (TPSA) is 24.9 Å². The van der Waals surface area contributed by atoms with E-state index in [0.29, 0.717) is 5.92 Å². The Hall–Kier alpha value is -0.940. The van der Waals surface area contributed by atoms with E-state index in [4.69, 9.17) is 9.47 Å². The van der Waals surface area contributed by atoms with Gasteiger partial charge in [-0.3, -0.25) is 9.80 Å². The molecule has 4 heteroatoms. The molecule has 1 aromatic rings. The summed E-state index contributed by atoms with van der Waals surface area (Å²) in [5.74, 6) is 0.610. The van der Waals surface area contributed by atoms with Gasteiger partial charge in [-0.05, 0) is 29.9 Å². The second-order valence-corrected chi connectivity index (χ2v) is 7.95. The molecule has 0 radical (unpaired) electrons. The molecule has 0 atom stereocenters. The van der Waals surface area contributed by atoms with E-state index in [1.807, 2.05) is 0 Å². The molecule has 1 aliphatic heterocycles. The van der Waals surface area contributed by atoms with Crippen molar-refractivity contribution >= 4 is 0 Å². The first-order valence-corrected chi connectivity index (χ1v) is 10.9. The number of hydrogen-bond acceptors (Lipinski definition) is 4.